The number of rotatable bonds is 3. The molecule has 0 aliphatic carbocycles. The quantitative estimate of drug-likeness (QED) is 0.659. The summed E-state index contributed by atoms with van der Waals surface area (Å²) in [7, 11) is 1.39. The highest BCUT2D eigenvalue weighted by atomic mass is 29.4. The van der Waals surface area contributed by atoms with Crippen LogP contribution in [0.1, 0.15) is 5.56 Å². The van der Waals surface area contributed by atoms with Gasteiger partial charge in [-0.1, -0.05) is 42.1 Å². The van der Waals surface area contributed by atoms with Gasteiger partial charge in [0.25, 0.3) is 0 Å². The molecule has 66 valence electrons. The molecule has 0 amide bonds. The highest BCUT2D eigenvalue weighted by Gasteiger charge is 2.05. The van der Waals surface area contributed by atoms with Gasteiger partial charge in [0.15, 0.2) is 0 Å². The molecule has 0 bridgehead atoms. The highest BCUT2D eigenvalue weighted by Crippen LogP contribution is 2.05. The maximum absolute atomic E-state index is 2.59. The van der Waals surface area contributed by atoms with E-state index in [0.717, 1.165) is 16.7 Å². The van der Waals surface area contributed by atoms with E-state index in [-0.39, 0.29) is 8.31 Å². The van der Waals surface area contributed by atoms with E-state index in [1.54, 1.807) is 0 Å². The fraction of sp³-hybridized carbons (Fsp3) is 0.200. The molecule has 0 saturated heterocycles. The molecular weight excluding hydrogens is 204 g/mol. The Balaban J connectivity index is 1.86. The second kappa shape index (κ2) is 4.74. The molecule has 1 heterocycles. The van der Waals surface area contributed by atoms with Crippen molar-refractivity contribution in [1.82, 2.24) is 0 Å². The third-order valence-corrected chi connectivity index (χ3v) is 16.6. The van der Waals surface area contributed by atoms with E-state index < -0.39 is 0 Å². The Morgan fingerprint density at radius 1 is 1.15 bits per heavy atom. The van der Waals surface area contributed by atoms with Gasteiger partial charge < -0.3 is 0 Å². The first-order valence-electron chi connectivity index (χ1n) is 4.84. The third-order valence-electron chi connectivity index (χ3n) is 2.44. The van der Waals surface area contributed by atoms with Crippen LogP contribution in [0.2, 0.25) is 6.04 Å². The van der Waals surface area contributed by atoms with E-state index >= 15 is 0 Å². The van der Waals surface area contributed by atoms with E-state index in [9.17, 15) is 0 Å². The van der Waals surface area contributed by atoms with Crippen molar-refractivity contribution in [2.45, 2.75) is 12.5 Å². The summed E-state index contributed by atoms with van der Waals surface area (Å²) in [6, 6.07) is 12.4. The summed E-state index contributed by atoms with van der Waals surface area (Å²) in [6.07, 6.45) is 1.33. The topological polar surface area (TPSA) is 0 Å². The zero-order chi connectivity index (χ0) is 8.93. The first-order valence-corrected chi connectivity index (χ1v) is 12.3. The average Bonchev–Trinajstić information content (AvgIpc) is 2.69. The molecule has 1 aliphatic heterocycles. The van der Waals surface area contributed by atoms with Gasteiger partial charge >= 0.3 is 0 Å². The maximum Gasteiger partial charge on any atom is 0.0638 e. The molecule has 0 spiro atoms. The Hall–Kier alpha value is -0.389. The summed E-state index contributed by atoms with van der Waals surface area (Å²) in [5, 5.41) is 0. The maximum atomic E-state index is 2.59. The van der Waals surface area contributed by atoms with Gasteiger partial charge in [-0.2, -0.15) is 0 Å². The van der Waals surface area contributed by atoms with E-state index in [2.05, 4.69) is 41.7 Å². The van der Waals surface area contributed by atoms with Crippen LogP contribution in [0.4, 0.5) is 0 Å². The van der Waals surface area contributed by atoms with Crippen LogP contribution in [0, 0.1) is 0 Å². The van der Waals surface area contributed by atoms with E-state index in [0.29, 0.717) is 0 Å². The number of aryl methyl sites for hydroxylation is 1. The molecule has 0 saturated carbocycles. The van der Waals surface area contributed by atoms with Crippen molar-refractivity contribution < 1.29 is 0 Å². The summed E-state index contributed by atoms with van der Waals surface area (Å²) >= 11 is 0. The van der Waals surface area contributed by atoms with Gasteiger partial charge in [0.1, 0.15) is 0 Å². The van der Waals surface area contributed by atoms with Crippen molar-refractivity contribution in [3.8, 4) is 0 Å². The molecule has 1 aliphatic rings. The summed E-state index contributed by atoms with van der Waals surface area (Å²) in [5.41, 5.74) is 6.62. The minimum Gasteiger partial charge on any atom is -0.102 e. The lowest BCUT2D eigenvalue weighted by Gasteiger charge is -2.03. The lowest BCUT2D eigenvalue weighted by atomic mass is 10.2. The van der Waals surface area contributed by atoms with Crippen LogP contribution in [-0.4, -0.2) is 25.1 Å². The monoisotopic (exact) mass is 218 g/mol. The third kappa shape index (κ3) is 2.79. The average molecular weight is 218 g/mol. The molecular formula is C10H14Si3. The molecule has 3 heteroatoms. The van der Waals surface area contributed by atoms with Crippen LogP contribution < -0.4 is 0 Å². The van der Waals surface area contributed by atoms with Crippen LogP contribution in [0.3, 0.4) is 0 Å². The van der Waals surface area contributed by atoms with Gasteiger partial charge in [0, 0.05) is 0 Å². The van der Waals surface area contributed by atoms with Crippen molar-refractivity contribution in [3.05, 3.63) is 47.3 Å². The Bertz CT molecular complexity index is 304. The number of hydrogen-bond acceptors (Lipinski definition) is 0. The van der Waals surface area contributed by atoms with Gasteiger partial charge in [-0.3, -0.25) is 0 Å². The molecule has 0 N–H and O–H groups in total. The molecule has 1 unspecified atom stereocenters. The van der Waals surface area contributed by atoms with E-state index in [1.165, 1.54) is 18.0 Å². The Morgan fingerprint density at radius 2 is 2.00 bits per heavy atom. The van der Waals surface area contributed by atoms with E-state index in [1.807, 2.05) is 0 Å². The largest absolute Gasteiger partial charge is 0.102 e. The molecule has 13 heavy (non-hydrogen) atoms. The van der Waals surface area contributed by atoms with Gasteiger partial charge in [-0.05, 0) is 28.7 Å². The molecule has 1 aromatic rings. The molecule has 0 radical (unpaired) electrons. The first kappa shape index (κ1) is 9.18. The van der Waals surface area contributed by atoms with Crippen LogP contribution in [0.15, 0.2) is 41.7 Å². The summed E-state index contributed by atoms with van der Waals surface area (Å²) < 4.78 is 0. The van der Waals surface area contributed by atoms with Crippen LogP contribution in [0.5, 0.6) is 0 Å². The molecule has 0 nitrogen and oxygen atoms in total. The van der Waals surface area contributed by atoms with Crippen molar-refractivity contribution in [1.29, 1.82) is 0 Å². The van der Waals surface area contributed by atoms with Gasteiger partial charge in [-0.25, -0.2) is 0 Å². The fourth-order valence-electron chi connectivity index (χ4n) is 1.65. The molecule has 2 rings (SSSR count). The number of hydrogen-bond donors (Lipinski definition) is 0. The Labute approximate surface area is 85.1 Å². The van der Waals surface area contributed by atoms with E-state index in [4.69, 9.17) is 0 Å². The molecule has 1 aromatic carbocycles. The van der Waals surface area contributed by atoms with Gasteiger partial charge in [-0.15, -0.1) is 5.70 Å². The zero-order valence-corrected chi connectivity index (χ0v) is 11.2. The fourth-order valence-corrected chi connectivity index (χ4v) is 16.5. The first-order chi connectivity index (χ1) is 6.45. The zero-order valence-electron chi connectivity index (χ0n) is 7.69. The standard InChI is InChI=1S/C10H14Si3/c1-2-4-10(5-3-1)6-8-13-9-7-11-12-13/h1-5,7,9,11-13H,6,8H2. The molecule has 0 aromatic heterocycles. The Morgan fingerprint density at radius 3 is 2.69 bits per heavy atom. The van der Waals surface area contributed by atoms with Gasteiger partial charge in [0.05, 0.1) is 8.31 Å². The van der Waals surface area contributed by atoms with Crippen molar-refractivity contribution >= 4 is 25.1 Å². The van der Waals surface area contributed by atoms with Crippen LogP contribution in [0.25, 0.3) is 0 Å². The normalized spacial score (nSPS) is 19.5. The summed E-state index contributed by atoms with van der Waals surface area (Å²) in [4.78, 5) is 0. The second-order valence-electron chi connectivity index (χ2n) is 3.46. The second-order valence-corrected chi connectivity index (χ2v) is 15.2. The molecule has 1 atom stereocenters. The van der Waals surface area contributed by atoms with Crippen LogP contribution >= 0.6 is 0 Å². The van der Waals surface area contributed by atoms with Gasteiger partial charge in [0.2, 0.25) is 0 Å². The predicted octanol–water partition coefficient (Wildman–Crippen LogP) is 0.807. The predicted molar refractivity (Wildman–Crippen MR) is 65.5 cm³/mol. The molecule has 0 fully saturated rings. The smallest absolute Gasteiger partial charge is 0.0638 e. The van der Waals surface area contributed by atoms with Crippen molar-refractivity contribution in [2.24, 2.45) is 0 Å². The minimum absolute atomic E-state index is 0.311. The summed E-state index contributed by atoms with van der Waals surface area (Å²) in [5.74, 6) is 0. The minimum atomic E-state index is -0.311. The number of benzene rings is 1. The van der Waals surface area contributed by atoms with Crippen molar-refractivity contribution in [2.75, 3.05) is 0 Å². The summed E-state index contributed by atoms with van der Waals surface area (Å²) in [6.45, 7) is 0. The highest BCUT2D eigenvalue weighted by molar-refractivity contribution is 7.25. The van der Waals surface area contributed by atoms with Crippen molar-refractivity contribution in [3.63, 3.8) is 0 Å². The van der Waals surface area contributed by atoms with Crippen LogP contribution in [-0.2, 0) is 6.42 Å². The lowest BCUT2D eigenvalue weighted by Crippen LogP contribution is -2.12. The SMILES string of the molecule is C1=C[SiH](CCc2ccccc2)[SiH]=[SiH]1. The Kier molecular flexibility index (Phi) is 3.34. The lowest BCUT2D eigenvalue weighted by molar-refractivity contribution is 1.12.